The second kappa shape index (κ2) is 10.1. The molecule has 1 aliphatic heterocycles. The number of rotatable bonds is 8. The maximum absolute atomic E-state index is 13.0. The molecule has 6 heteroatoms. The normalized spacial score (nSPS) is 20.8. The Labute approximate surface area is 186 Å². The lowest BCUT2D eigenvalue weighted by molar-refractivity contribution is -0.164. The first-order valence-electron chi connectivity index (χ1n) is 10.6. The Morgan fingerprint density at radius 2 is 1.94 bits per heavy atom. The van der Waals surface area contributed by atoms with Crippen molar-refractivity contribution in [1.82, 2.24) is 0 Å². The van der Waals surface area contributed by atoms with Crippen LogP contribution in [0.15, 0.2) is 71.8 Å². The largest absolute Gasteiger partial charge is 0.459 e. The molecule has 0 saturated carbocycles. The second-order valence-electron chi connectivity index (χ2n) is 7.54. The van der Waals surface area contributed by atoms with Crippen molar-refractivity contribution in [2.75, 3.05) is 18.5 Å². The maximum Gasteiger partial charge on any atom is 0.290 e. The molecule has 0 bridgehead atoms. The summed E-state index contributed by atoms with van der Waals surface area (Å²) in [5.41, 5.74) is 1.88. The molecule has 1 amide bonds. The predicted molar refractivity (Wildman–Crippen MR) is 124 cm³/mol. The number of benzene rings is 2. The Morgan fingerprint density at radius 1 is 1.16 bits per heavy atom. The maximum atomic E-state index is 13.0. The lowest BCUT2D eigenvalue weighted by atomic mass is 9.80. The summed E-state index contributed by atoms with van der Waals surface area (Å²) < 4.78 is 13.2. The standard InChI is InChI=1S/C25H27NO4S/c1-2-29-25-19(12-8-14-27)20(21-16-31-23-13-7-6-11-18(21)23)15-22(30-25)24(28)26-17-9-4-3-5-10-17/h3-7,9-11,13,15-16,19-20,25,27H,2,8,12,14H2,1H3,(H,26,28)/t19-,20-,25+/m1/s1. The molecule has 1 aromatic heterocycles. The molecule has 5 nitrogen and oxygen atoms in total. The van der Waals surface area contributed by atoms with Gasteiger partial charge >= 0.3 is 0 Å². The summed E-state index contributed by atoms with van der Waals surface area (Å²) >= 11 is 1.70. The Kier molecular flexibility index (Phi) is 7.02. The number of aliphatic hydroxyl groups is 1. The zero-order chi connectivity index (χ0) is 21.6. The number of ether oxygens (including phenoxy) is 2. The molecular weight excluding hydrogens is 410 g/mol. The molecule has 2 aromatic carbocycles. The highest BCUT2D eigenvalue weighted by molar-refractivity contribution is 7.17. The van der Waals surface area contributed by atoms with Gasteiger partial charge in [-0.1, -0.05) is 36.4 Å². The van der Waals surface area contributed by atoms with Crippen LogP contribution in [0.3, 0.4) is 0 Å². The van der Waals surface area contributed by atoms with E-state index in [-0.39, 0.29) is 30.1 Å². The predicted octanol–water partition coefficient (Wildman–Crippen LogP) is 5.29. The van der Waals surface area contributed by atoms with Gasteiger partial charge in [-0.3, -0.25) is 4.79 Å². The monoisotopic (exact) mass is 437 g/mol. The molecule has 0 aliphatic carbocycles. The van der Waals surface area contributed by atoms with Gasteiger partial charge in [-0.25, -0.2) is 0 Å². The number of carbonyl (C=O) groups excluding carboxylic acids is 1. The van der Waals surface area contributed by atoms with E-state index in [1.807, 2.05) is 55.5 Å². The summed E-state index contributed by atoms with van der Waals surface area (Å²) in [6, 6.07) is 17.6. The number of anilines is 1. The lowest BCUT2D eigenvalue weighted by Crippen LogP contribution is -2.37. The van der Waals surface area contributed by atoms with Crippen molar-refractivity contribution in [2.24, 2.45) is 5.92 Å². The number of para-hydroxylation sites is 1. The van der Waals surface area contributed by atoms with Crippen LogP contribution < -0.4 is 5.32 Å². The number of thiophene rings is 1. The molecule has 2 N–H and O–H groups in total. The summed E-state index contributed by atoms with van der Waals surface area (Å²) in [4.78, 5) is 13.0. The fourth-order valence-corrected chi connectivity index (χ4v) is 5.10. The number of amides is 1. The van der Waals surface area contributed by atoms with Gasteiger partial charge in [-0.2, -0.15) is 0 Å². The van der Waals surface area contributed by atoms with E-state index in [9.17, 15) is 9.90 Å². The molecule has 0 saturated heterocycles. The number of aliphatic hydroxyl groups excluding tert-OH is 1. The van der Waals surface area contributed by atoms with Crippen molar-refractivity contribution in [3.63, 3.8) is 0 Å². The minimum Gasteiger partial charge on any atom is -0.459 e. The molecule has 162 valence electrons. The van der Waals surface area contributed by atoms with Crippen LogP contribution >= 0.6 is 11.3 Å². The van der Waals surface area contributed by atoms with Crippen LogP contribution in [0, 0.1) is 5.92 Å². The summed E-state index contributed by atoms with van der Waals surface area (Å²) in [6.07, 6.45) is 2.75. The third kappa shape index (κ3) is 4.82. The third-order valence-electron chi connectivity index (χ3n) is 5.54. The van der Waals surface area contributed by atoms with Crippen LogP contribution in [0.2, 0.25) is 0 Å². The number of carbonyl (C=O) groups is 1. The van der Waals surface area contributed by atoms with E-state index in [2.05, 4.69) is 22.8 Å². The van der Waals surface area contributed by atoms with Gasteiger partial charge in [0.2, 0.25) is 6.29 Å². The highest BCUT2D eigenvalue weighted by Crippen LogP contribution is 2.43. The first kappa shape index (κ1) is 21.6. The fraction of sp³-hybridized carbons (Fsp3) is 0.320. The highest BCUT2D eigenvalue weighted by Gasteiger charge is 2.38. The molecule has 4 rings (SSSR count). The molecular formula is C25H27NO4S. The summed E-state index contributed by atoms with van der Waals surface area (Å²) in [5.74, 6) is -0.0771. The van der Waals surface area contributed by atoms with Crippen LogP contribution in [0.5, 0.6) is 0 Å². The van der Waals surface area contributed by atoms with E-state index in [0.29, 0.717) is 18.7 Å². The van der Waals surface area contributed by atoms with E-state index in [4.69, 9.17) is 9.47 Å². The van der Waals surface area contributed by atoms with Gasteiger partial charge in [-0.05, 0) is 60.4 Å². The average molecular weight is 438 g/mol. The molecule has 0 unspecified atom stereocenters. The van der Waals surface area contributed by atoms with Crippen molar-refractivity contribution in [3.05, 3.63) is 77.4 Å². The van der Waals surface area contributed by atoms with Crippen molar-refractivity contribution in [1.29, 1.82) is 0 Å². The topological polar surface area (TPSA) is 67.8 Å². The minimum atomic E-state index is -0.554. The molecule has 0 radical (unpaired) electrons. The number of nitrogens with one attached hydrogen (secondary N) is 1. The van der Waals surface area contributed by atoms with Crippen LogP contribution in [0.25, 0.3) is 10.1 Å². The average Bonchev–Trinajstić information content (AvgIpc) is 3.22. The van der Waals surface area contributed by atoms with Gasteiger partial charge < -0.3 is 19.9 Å². The molecule has 3 aromatic rings. The van der Waals surface area contributed by atoms with Gasteiger partial charge in [0.05, 0.1) is 0 Å². The Bertz CT molecular complexity index is 1050. The van der Waals surface area contributed by atoms with Crippen LogP contribution in [0.4, 0.5) is 5.69 Å². The van der Waals surface area contributed by atoms with Crippen LogP contribution in [-0.4, -0.2) is 30.5 Å². The van der Waals surface area contributed by atoms with Gasteiger partial charge in [-0.15, -0.1) is 11.3 Å². The van der Waals surface area contributed by atoms with Crippen molar-refractivity contribution < 1.29 is 19.4 Å². The van der Waals surface area contributed by atoms with Crippen molar-refractivity contribution in [3.8, 4) is 0 Å². The van der Waals surface area contributed by atoms with Crippen LogP contribution in [0.1, 0.15) is 31.2 Å². The Balaban J connectivity index is 1.72. The SMILES string of the molecule is CCO[C@H]1OC(C(=O)Nc2ccccc2)=C[C@@H](c2csc3ccccc23)[C@H]1CCCO. The smallest absolute Gasteiger partial charge is 0.290 e. The lowest BCUT2D eigenvalue weighted by Gasteiger charge is -2.36. The highest BCUT2D eigenvalue weighted by atomic mass is 32.1. The number of hydrogen-bond acceptors (Lipinski definition) is 5. The van der Waals surface area contributed by atoms with Crippen molar-refractivity contribution in [2.45, 2.75) is 32.0 Å². The second-order valence-corrected chi connectivity index (χ2v) is 8.45. The molecule has 0 fully saturated rings. The first-order valence-corrected chi connectivity index (χ1v) is 11.5. The fourth-order valence-electron chi connectivity index (χ4n) is 4.09. The molecule has 3 atom stereocenters. The van der Waals surface area contributed by atoms with Crippen molar-refractivity contribution >= 4 is 33.0 Å². The van der Waals surface area contributed by atoms with E-state index < -0.39 is 6.29 Å². The minimum absolute atomic E-state index is 0.00150. The summed E-state index contributed by atoms with van der Waals surface area (Å²) in [7, 11) is 0. The van der Waals surface area contributed by atoms with Crippen LogP contribution in [-0.2, 0) is 14.3 Å². The van der Waals surface area contributed by atoms with Gasteiger partial charge in [0.25, 0.3) is 5.91 Å². The molecule has 2 heterocycles. The Morgan fingerprint density at radius 3 is 2.71 bits per heavy atom. The van der Waals surface area contributed by atoms with E-state index in [0.717, 1.165) is 6.42 Å². The summed E-state index contributed by atoms with van der Waals surface area (Å²) in [6.45, 7) is 2.51. The summed E-state index contributed by atoms with van der Waals surface area (Å²) in [5, 5.41) is 15.7. The number of allylic oxidation sites excluding steroid dienone is 1. The molecule has 1 aliphatic rings. The number of hydrogen-bond donors (Lipinski definition) is 2. The van der Waals surface area contributed by atoms with E-state index in [1.54, 1.807) is 11.3 Å². The quantitative estimate of drug-likeness (QED) is 0.503. The zero-order valence-electron chi connectivity index (χ0n) is 17.5. The van der Waals surface area contributed by atoms with Gasteiger partial charge in [0.15, 0.2) is 5.76 Å². The molecule has 31 heavy (non-hydrogen) atoms. The Hall–Kier alpha value is -2.67. The van der Waals surface area contributed by atoms with Gasteiger partial charge in [0.1, 0.15) is 0 Å². The van der Waals surface area contributed by atoms with Gasteiger partial charge in [0, 0.05) is 35.4 Å². The van der Waals surface area contributed by atoms with E-state index >= 15 is 0 Å². The first-order chi connectivity index (χ1) is 15.2. The molecule has 0 spiro atoms. The zero-order valence-corrected chi connectivity index (χ0v) is 18.3. The number of fused-ring (bicyclic) bond motifs is 1. The third-order valence-corrected chi connectivity index (χ3v) is 6.52. The van der Waals surface area contributed by atoms with E-state index in [1.165, 1.54) is 15.6 Å².